The van der Waals surface area contributed by atoms with Gasteiger partial charge in [-0.25, -0.2) is 0 Å². The Kier molecular flexibility index (Phi) is 6.67. The molecular formula is C16H24N4O2. The van der Waals surface area contributed by atoms with Crippen molar-refractivity contribution in [3.63, 3.8) is 0 Å². The molecule has 0 aromatic heterocycles. The molecule has 0 aliphatic carbocycles. The van der Waals surface area contributed by atoms with Crippen LogP contribution in [-0.2, 0) is 9.53 Å². The van der Waals surface area contributed by atoms with Gasteiger partial charge in [0.05, 0.1) is 23.0 Å². The van der Waals surface area contributed by atoms with Gasteiger partial charge in [0.2, 0.25) is 0 Å². The molecule has 6 nitrogen and oxygen atoms in total. The Balaban J connectivity index is 0.000000295. The van der Waals surface area contributed by atoms with Gasteiger partial charge in [-0.3, -0.25) is 4.79 Å². The van der Waals surface area contributed by atoms with E-state index in [0.29, 0.717) is 17.7 Å². The molecular weight excluding hydrogens is 280 g/mol. The number of nitrogens with two attached hydrogens (primary N) is 1. The topological polar surface area (TPSA) is 91.4 Å². The van der Waals surface area contributed by atoms with E-state index in [2.05, 4.69) is 21.0 Å². The molecule has 1 aliphatic heterocycles. The number of nitrogens with one attached hydrogen (secondary N) is 1. The monoisotopic (exact) mass is 304 g/mol. The molecule has 1 aromatic carbocycles. The van der Waals surface area contributed by atoms with E-state index in [9.17, 15) is 4.79 Å². The molecule has 2 rings (SSSR count). The Bertz CT molecular complexity index is 526. The van der Waals surface area contributed by atoms with Crippen molar-refractivity contribution in [1.29, 1.82) is 5.26 Å². The largest absolute Gasteiger partial charge is 0.462 e. The van der Waals surface area contributed by atoms with Crippen molar-refractivity contribution >= 4 is 17.8 Å². The number of hydrogen-bond donors (Lipinski definition) is 2. The molecule has 1 aromatic rings. The number of rotatable bonds is 2. The van der Waals surface area contributed by atoms with Crippen molar-refractivity contribution in [3.05, 3.63) is 23.8 Å². The SMILES string of the molecule is CC(C)(C)OC=O.N#Cc1ccc(N2CCNCC2)c(N)c1. The lowest BCUT2D eigenvalue weighted by atomic mass is 10.1. The minimum atomic E-state index is -0.318. The van der Waals surface area contributed by atoms with E-state index in [1.54, 1.807) is 6.07 Å². The summed E-state index contributed by atoms with van der Waals surface area (Å²) < 4.78 is 4.55. The summed E-state index contributed by atoms with van der Waals surface area (Å²) in [4.78, 5) is 11.8. The average Bonchev–Trinajstić information content (AvgIpc) is 2.47. The van der Waals surface area contributed by atoms with Gasteiger partial charge in [0.25, 0.3) is 6.47 Å². The lowest BCUT2D eigenvalue weighted by Crippen LogP contribution is -2.43. The molecule has 6 heteroatoms. The average molecular weight is 304 g/mol. The Labute approximate surface area is 131 Å². The maximum absolute atomic E-state index is 9.60. The second kappa shape index (κ2) is 8.25. The van der Waals surface area contributed by atoms with Gasteiger partial charge in [-0.2, -0.15) is 5.26 Å². The number of piperazine rings is 1. The number of benzene rings is 1. The van der Waals surface area contributed by atoms with E-state index in [1.807, 2.05) is 32.9 Å². The highest BCUT2D eigenvalue weighted by molar-refractivity contribution is 5.69. The first kappa shape index (κ1) is 17.8. The van der Waals surface area contributed by atoms with Crippen LogP contribution in [0.2, 0.25) is 0 Å². The van der Waals surface area contributed by atoms with Crippen LogP contribution in [0.1, 0.15) is 26.3 Å². The predicted molar refractivity (Wildman–Crippen MR) is 87.6 cm³/mol. The van der Waals surface area contributed by atoms with E-state index in [1.165, 1.54) is 0 Å². The van der Waals surface area contributed by atoms with Crippen LogP contribution in [0.15, 0.2) is 18.2 Å². The molecule has 22 heavy (non-hydrogen) atoms. The summed E-state index contributed by atoms with van der Waals surface area (Å²) in [7, 11) is 0. The third kappa shape index (κ3) is 6.02. The minimum absolute atomic E-state index is 0.318. The van der Waals surface area contributed by atoms with Crippen LogP contribution in [0.5, 0.6) is 0 Å². The number of hydrogen-bond acceptors (Lipinski definition) is 6. The van der Waals surface area contributed by atoms with Crippen LogP contribution in [0, 0.1) is 11.3 Å². The molecule has 0 atom stereocenters. The number of nitrogens with zero attached hydrogens (tertiary/aromatic N) is 2. The van der Waals surface area contributed by atoms with Gasteiger partial charge < -0.3 is 20.7 Å². The van der Waals surface area contributed by atoms with Crippen molar-refractivity contribution < 1.29 is 9.53 Å². The van der Waals surface area contributed by atoms with Crippen LogP contribution in [0.4, 0.5) is 11.4 Å². The molecule has 1 fully saturated rings. The zero-order valence-corrected chi connectivity index (χ0v) is 13.4. The molecule has 3 N–H and O–H groups in total. The molecule has 0 spiro atoms. The number of carbonyl (C=O) groups excluding carboxylic acids is 1. The molecule has 0 saturated carbocycles. The number of ether oxygens (including phenoxy) is 1. The van der Waals surface area contributed by atoms with Gasteiger partial charge in [-0.1, -0.05) is 0 Å². The van der Waals surface area contributed by atoms with Gasteiger partial charge >= 0.3 is 0 Å². The highest BCUT2D eigenvalue weighted by atomic mass is 16.5. The predicted octanol–water partition coefficient (Wildman–Crippen LogP) is 1.51. The van der Waals surface area contributed by atoms with E-state index < -0.39 is 0 Å². The van der Waals surface area contributed by atoms with Crippen LogP contribution >= 0.6 is 0 Å². The first-order valence-corrected chi connectivity index (χ1v) is 7.24. The Hall–Kier alpha value is -2.26. The second-order valence-corrected chi connectivity index (χ2v) is 5.95. The van der Waals surface area contributed by atoms with Gasteiger partial charge in [-0.15, -0.1) is 0 Å². The van der Waals surface area contributed by atoms with Gasteiger partial charge in [-0.05, 0) is 39.0 Å². The zero-order chi connectivity index (χ0) is 16.6. The summed E-state index contributed by atoms with van der Waals surface area (Å²) in [6, 6.07) is 7.56. The van der Waals surface area contributed by atoms with Crippen LogP contribution in [-0.4, -0.2) is 38.3 Å². The number of anilines is 2. The standard InChI is InChI=1S/C11H14N4.C5H10O2/c12-8-9-1-2-11(10(13)7-9)15-5-3-14-4-6-15;1-5(2,3)7-4-6/h1-2,7,14H,3-6,13H2;4H,1-3H3. The van der Waals surface area contributed by atoms with Crippen LogP contribution < -0.4 is 16.0 Å². The minimum Gasteiger partial charge on any atom is -0.462 e. The van der Waals surface area contributed by atoms with E-state index >= 15 is 0 Å². The summed E-state index contributed by atoms with van der Waals surface area (Å²) in [6.45, 7) is 9.83. The molecule has 1 saturated heterocycles. The molecule has 0 amide bonds. The Morgan fingerprint density at radius 2 is 2.00 bits per heavy atom. The molecule has 0 unspecified atom stereocenters. The lowest BCUT2D eigenvalue weighted by Gasteiger charge is -2.30. The zero-order valence-electron chi connectivity index (χ0n) is 13.4. The Morgan fingerprint density at radius 1 is 1.36 bits per heavy atom. The van der Waals surface area contributed by atoms with Crippen LogP contribution in [0.3, 0.4) is 0 Å². The van der Waals surface area contributed by atoms with E-state index in [0.717, 1.165) is 31.9 Å². The first-order chi connectivity index (χ1) is 10.4. The van der Waals surface area contributed by atoms with E-state index in [4.69, 9.17) is 11.0 Å². The fourth-order valence-corrected chi connectivity index (χ4v) is 1.96. The van der Waals surface area contributed by atoms with Crippen molar-refractivity contribution in [2.45, 2.75) is 26.4 Å². The number of nitrogen functional groups attached to an aromatic ring is 1. The maximum atomic E-state index is 9.60. The first-order valence-electron chi connectivity index (χ1n) is 7.24. The van der Waals surface area contributed by atoms with Crippen molar-refractivity contribution in [3.8, 4) is 6.07 Å². The summed E-state index contributed by atoms with van der Waals surface area (Å²) in [5.74, 6) is 0. The fraction of sp³-hybridized carbons (Fsp3) is 0.500. The molecule has 1 aliphatic rings. The molecule has 1 heterocycles. The van der Waals surface area contributed by atoms with Gasteiger partial charge in [0.1, 0.15) is 5.60 Å². The number of nitriles is 1. The van der Waals surface area contributed by atoms with Gasteiger partial charge in [0, 0.05) is 26.2 Å². The smallest absolute Gasteiger partial charge is 0.293 e. The highest BCUT2D eigenvalue weighted by Gasteiger charge is 2.12. The fourth-order valence-electron chi connectivity index (χ4n) is 1.96. The maximum Gasteiger partial charge on any atom is 0.293 e. The van der Waals surface area contributed by atoms with Gasteiger partial charge in [0.15, 0.2) is 0 Å². The molecule has 120 valence electrons. The summed E-state index contributed by atoms with van der Waals surface area (Å²) in [5.41, 5.74) is 7.94. The molecule has 0 radical (unpaired) electrons. The highest BCUT2D eigenvalue weighted by Crippen LogP contribution is 2.24. The third-order valence-electron chi connectivity index (χ3n) is 3.02. The summed E-state index contributed by atoms with van der Waals surface area (Å²) >= 11 is 0. The summed E-state index contributed by atoms with van der Waals surface area (Å²) in [6.07, 6.45) is 0. The normalized spacial score (nSPS) is 14.4. The van der Waals surface area contributed by atoms with Crippen LogP contribution in [0.25, 0.3) is 0 Å². The Morgan fingerprint density at radius 3 is 2.41 bits per heavy atom. The summed E-state index contributed by atoms with van der Waals surface area (Å²) in [5, 5.41) is 12.0. The van der Waals surface area contributed by atoms with E-state index in [-0.39, 0.29) is 5.60 Å². The molecule has 0 bridgehead atoms. The lowest BCUT2D eigenvalue weighted by molar-refractivity contribution is -0.138. The second-order valence-electron chi connectivity index (χ2n) is 5.95. The number of carbonyl (C=O) groups is 1. The quantitative estimate of drug-likeness (QED) is 0.635. The van der Waals surface area contributed by atoms with Crippen molar-refractivity contribution in [2.75, 3.05) is 36.8 Å². The van der Waals surface area contributed by atoms with Crippen molar-refractivity contribution in [1.82, 2.24) is 5.32 Å². The van der Waals surface area contributed by atoms with Crippen molar-refractivity contribution in [2.24, 2.45) is 0 Å². The third-order valence-corrected chi connectivity index (χ3v) is 3.02.